The van der Waals surface area contributed by atoms with Gasteiger partial charge >= 0.3 is 0 Å². The van der Waals surface area contributed by atoms with Gasteiger partial charge in [-0.3, -0.25) is 0 Å². The van der Waals surface area contributed by atoms with Gasteiger partial charge in [0.15, 0.2) is 0 Å². The van der Waals surface area contributed by atoms with Crippen LogP contribution in [0.1, 0.15) is 44.6 Å². The molecule has 0 atom stereocenters. The summed E-state index contributed by atoms with van der Waals surface area (Å²) in [4.78, 5) is 2.55. The zero-order valence-corrected chi connectivity index (χ0v) is 11.4. The zero-order valence-electron chi connectivity index (χ0n) is 10.7. The molecule has 1 nitrogen and oxygen atoms in total. The Balaban J connectivity index is 2.21. The first kappa shape index (κ1) is 12.8. The fraction of sp³-hybridized carbons (Fsp3) is 0.600. The molecule has 0 radical (unpaired) electrons. The topological polar surface area (TPSA) is 3.24 Å². The molecule has 0 amide bonds. The van der Waals surface area contributed by atoms with E-state index in [1.807, 2.05) is 0 Å². The van der Waals surface area contributed by atoms with Gasteiger partial charge in [0.1, 0.15) is 0 Å². The lowest BCUT2D eigenvalue weighted by Gasteiger charge is -2.36. The van der Waals surface area contributed by atoms with E-state index in [1.165, 1.54) is 43.4 Å². The molecule has 1 saturated carbocycles. The van der Waals surface area contributed by atoms with E-state index in [-0.39, 0.29) is 0 Å². The highest BCUT2D eigenvalue weighted by Gasteiger charge is 2.21. The molecular formula is C15H22ClN. The summed E-state index contributed by atoms with van der Waals surface area (Å²) in [6.07, 6.45) is 6.84. The number of hydrogen-bond acceptors (Lipinski definition) is 1. The van der Waals surface area contributed by atoms with Gasteiger partial charge in [0.05, 0.1) is 0 Å². The average Bonchev–Trinajstić information content (AvgIpc) is 2.41. The largest absolute Gasteiger partial charge is 0.369 e. The predicted molar refractivity (Wildman–Crippen MR) is 75.9 cm³/mol. The molecule has 0 saturated heterocycles. The maximum absolute atomic E-state index is 6.05. The molecule has 1 fully saturated rings. The van der Waals surface area contributed by atoms with Gasteiger partial charge in [-0.15, -0.1) is 11.6 Å². The summed E-state index contributed by atoms with van der Waals surface area (Å²) in [6.45, 7) is 3.33. The molecule has 0 aliphatic heterocycles. The molecule has 2 heteroatoms. The Morgan fingerprint density at radius 3 is 2.53 bits per heavy atom. The van der Waals surface area contributed by atoms with E-state index in [9.17, 15) is 0 Å². The van der Waals surface area contributed by atoms with Crippen molar-refractivity contribution >= 4 is 17.3 Å². The van der Waals surface area contributed by atoms with Crippen molar-refractivity contribution in [2.45, 2.75) is 50.9 Å². The number of nitrogens with zero attached hydrogens (tertiary/aromatic N) is 1. The Bertz CT molecular complexity index is 345. The van der Waals surface area contributed by atoms with E-state index in [1.54, 1.807) is 0 Å². The van der Waals surface area contributed by atoms with Crippen LogP contribution in [-0.4, -0.2) is 12.6 Å². The second-order valence-electron chi connectivity index (χ2n) is 4.84. The first-order valence-electron chi connectivity index (χ1n) is 6.77. The van der Waals surface area contributed by atoms with Gasteiger partial charge in [0.25, 0.3) is 0 Å². The van der Waals surface area contributed by atoms with Crippen LogP contribution in [0.2, 0.25) is 0 Å². The minimum absolute atomic E-state index is 0.611. The molecule has 0 unspecified atom stereocenters. The maximum atomic E-state index is 6.05. The minimum atomic E-state index is 0.611. The van der Waals surface area contributed by atoms with Gasteiger partial charge in [0.2, 0.25) is 0 Å². The Hall–Kier alpha value is -0.690. The number of alkyl halides is 1. The molecule has 0 spiro atoms. The molecule has 2 rings (SSSR count). The van der Waals surface area contributed by atoms with Crippen LogP contribution in [0.25, 0.3) is 0 Å². The summed E-state index contributed by atoms with van der Waals surface area (Å²) >= 11 is 6.05. The van der Waals surface area contributed by atoms with Crippen molar-refractivity contribution in [3.8, 4) is 0 Å². The fourth-order valence-electron chi connectivity index (χ4n) is 2.92. The van der Waals surface area contributed by atoms with Crippen LogP contribution >= 0.6 is 11.6 Å². The molecule has 1 aliphatic carbocycles. The number of rotatable bonds is 4. The maximum Gasteiger partial charge on any atom is 0.0494 e. The van der Waals surface area contributed by atoms with Crippen molar-refractivity contribution in [3.63, 3.8) is 0 Å². The van der Waals surface area contributed by atoms with E-state index >= 15 is 0 Å². The van der Waals surface area contributed by atoms with Crippen LogP contribution in [0, 0.1) is 0 Å². The predicted octanol–water partition coefficient (Wildman–Crippen LogP) is 4.58. The molecule has 0 aromatic heterocycles. The van der Waals surface area contributed by atoms with Crippen molar-refractivity contribution in [1.29, 1.82) is 0 Å². The van der Waals surface area contributed by atoms with E-state index in [4.69, 9.17) is 11.6 Å². The van der Waals surface area contributed by atoms with E-state index in [0.717, 1.165) is 12.6 Å². The SMILES string of the molecule is CCN(c1ccccc1CCl)C1CCCCC1. The van der Waals surface area contributed by atoms with Crippen LogP contribution in [-0.2, 0) is 5.88 Å². The Morgan fingerprint density at radius 1 is 1.18 bits per heavy atom. The third-order valence-electron chi connectivity index (χ3n) is 3.80. The van der Waals surface area contributed by atoms with Crippen molar-refractivity contribution in [1.82, 2.24) is 0 Å². The van der Waals surface area contributed by atoms with E-state index < -0.39 is 0 Å². The quantitative estimate of drug-likeness (QED) is 0.708. The molecular weight excluding hydrogens is 230 g/mol. The van der Waals surface area contributed by atoms with Crippen molar-refractivity contribution in [2.24, 2.45) is 0 Å². The van der Waals surface area contributed by atoms with E-state index in [2.05, 4.69) is 36.1 Å². The zero-order chi connectivity index (χ0) is 12.1. The van der Waals surface area contributed by atoms with Crippen LogP contribution in [0.15, 0.2) is 24.3 Å². The van der Waals surface area contributed by atoms with Crippen LogP contribution in [0.3, 0.4) is 0 Å². The van der Waals surface area contributed by atoms with Crippen molar-refractivity contribution < 1.29 is 0 Å². The lowest BCUT2D eigenvalue weighted by atomic mass is 9.93. The first-order valence-corrected chi connectivity index (χ1v) is 7.30. The first-order chi connectivity index (χ1) is 8.36. The van der Waals surface area contributed by atoms with Crippen molar-refractivity contribution in [2.75, 3.05) is 11.4 Å². The lowest BCUT2D eigenvalue weighted by molar-refractivity contribution is 0.418. The fourth-order valence-corrected chi connectivity index (χ4v) is 3.15. The van der Waals surface area contributed by atoms with Crippen molar-refractivity contribution in [3.05, 3.63) is 29.8 Å². The summed E-state index contributed by atoms with van der Waals surface area (Å²) < 4.78 is 0. The summed E-state index contributed by atoms with van der Waals surface area (Å²) in [6, 6.07) is 9.29. The van der Waals surface area contributed by atoms with E-state index in [0.29, 0.717) is 5.88 Å². The molecule has 17 heavy (non-hydrogen) atoms. The second kappa shape index (κ2) is 6.30. The molecule has 0 N–H and O–H groups in total. The molecule has 1 aliphatic rings. The summed E-state index contributed by atoms with van der Waals surface area (Å²) in [7, 11) is 0. The summed E-state index contributed by atoms with van der Waals surface area (Å²) in [5, 5.41) is 0. The smallest absolute Gasteiger partial charge is 0.0494 e. The highest BCUT2D eigenvalue weighted by molar-refractivity contribution is 6.17. The van der Waals surface area contributed by atoms with Crippen LogP contribution in [0.4, 0.5) is 5.69 Å². The monoisotopic (exact) mass is 251 g/mol. The Labute approximate surface area is 110 Å². The number of halogens is 1. The second-order valence-corrected chi connectivity index (χ2v) is 5.11. The average molecular weight is 252 g/mol. The normalized spacial score (nSPS) is 17.1. The summed E-state index contributed by atoms with van der Waals surface area (Å²) in [5.41, 5.74) is 2.61. The number of para-hydroxylation sites is 1. The van der Waals surface area contributed by atoms with Gasteiger partial charge in [-0.2, -0.15) is 0 Å². The minimum Gasteiger partial charge on any atom is -0.369 e. The molecule has 0 heterocycles. The molecule has 0 bridgehead atoms. The summed E-state index contributed by atoms with van der Waals surface area (Å²) in [5.74, 6) is 0.611. The molecule has 1 aromatic rings. The van der Waals surface area contributed by atoms with Crippen LogP contribution in [0.5, 0.6) is 0 Å². The van der Waals surface area contributed by atoms with Gasteiger partial charge in [0, 0.05) is 24.2 Å². The standard InChI is InChI=1S/C15H22ClN/c1-2-17(14-9-4-3-5-10-14)15-11-7-6-8-13(15)12-16/h6-8,11,14H,2-5,9-10,12H2,1H3. The molecule has 94 valence electrons. The highest BCUT2D eigenvalue weighted by atomic mass is 35.5. The lowest BCUT2D eigenvalue weighted by Crippen LogP contribution is -2.37. The Morgan fingerprint density at radius 2 is 1.88 bits per heavy atom. The van der Waals surface area contributed by atoms with Gasteiger partial charge in [-0.1, -0.05) is 37.5 Å². The number of hydrogen-bond donors (Lipinski definition) is 0. The number of anilines is 1. The van der Waals surface area contributed by atoms with Gasteiger partial charge in [-0.25, -0.2) is 0 Å². The highest BCUT2D eigenvalue weighted by Crippen LogP contribution is 2.30. The third kappa shape index (κ3) is 2.95. The Kier molecular flexibility index (Phi) is 4.73. The van der Waals surface area contributed by atoms with Crippen LogP contribution < -0.4 is 4.90 Å². The van der Waals surface area contributed by atoms with Gasteiger partial charge < -0.3 is 4.90 Å². The van der Waals surface area contributed by atoms with Gasteiger partial charge in [-0.05, 0) is 31.4 Å². The third-order valence-corrected chi connectivity index (χ3v) is 4.09. The molecule has 1 aromatic carbocycles. The number of benzene rings is 1.